The number of sulfonamides is 1. The van der Waals surface area contributed by atoms with E-state index in [2.05, 4.69) is 15.0 Å². The number of nitrogens with zero attached hydrogens (tertiary/aromatic N) is 1. The van der Waals surface area contributed by atoms with Crippen molar-refractivity contribution >= 4 is 33.0 Å². The molecule has 3 aromatic rings. The molecule has 0 unspecified atom stereocenters. The van der Waals surface area contributed by atoms with Crippen molar-refractivity contribution in [3.63, 3.8) is 0 Å². The molecule has 8 heteroatoms. The van der Waals surface area contributed by atoms with E-state index in [-0.39, 0.29) is 16.4 Å². The average molecular weight is 385 g/mol. The number of anilines is 3. The van der Waals surface area contributed by atoms with Gasteiger partial charge in [0.25, 0.3) is 10.0 Å². The molecule has 0 aliphatic carbocycles. The minimum Gasteiger partial charge on any atom is -0.340 e. The summed E-state index contributed by atoms with van der Waals surface area (Å²) in [4.78, 5) is 15.4. The molecule has 0 saturated carbocycles. The maximum Gasteiger partial charge on any atom is 0.261 e. The second-order valence-electron chi connectivity index (χ2n) is 5.75. The molecule has 3 rings (SSSR count). The lowest BCUT2D eigenvalue weighted by Gasteiger charge is -2.10. The normalized spacial score (nSPS) is 11.0. The van der Waals surface area contributed by atoms with E-state index in [1.165, 1.54) is 25.3 Å². The third kappa shape index (κ3) is 4.68. The second kappa shape index (κ2) is 7.55. The van der Waals surface area contributed by atoms with Crippen LogP contribution in [0, 0.1) is 5.82 Å². The van der Waals surface area contributed by atoms with Crippen molar-refractivity contribution in [2.45, 2.75) is 11.8 Å². The molecule has 0 aliphatic rings. The second-order valence-corrected chi connectivity index (χ2v) is 7.43. The summed E-state index contributed by atoms with van der Waals surface area (Å²) in [6.45, 7) is 1.50. The van der Waals surface area contributed by atoms with E-state index in [0.717, 1.165) is 17.8 Å². The zero-order valence-electron chi connectivity index (χ0n) is 14.3. The van der Waals surface area contributed by atoms with Gasteiger partial charge in [-0.25, -0.2) is 17.8 Å². The number of carbonyl (C=O) groups excluding carboxylic acids is 1. The number of carbonyl (C=O) groups is 1. The molecule has 0 spiro atoms. The first-order valence-corrected chi connectivity index (χ1v) is 9.44. The largest absolute Gasteiger partial charge is 0.340 e. The van der Waals surface area contributed by atoms with Crippen molar-refractivity contribution in [2.24, 2.45) is 0 Å². The van der Waals surface area contributed by atoms with E-state index in [4.69, 9.17) is 0 Å². The minimum absolute atomic E-state index is 0.0162. The number of pyridine rings is 1. The summed E-state index contributed by atoms with van der Waals surface area (Å²) >= 11 is 0. The van der Waals surface area contributed by atoms with Gasteiger partial charge >= 0.3 is 0 Å². The van der Waals surface area contributed by atoms with E-state index in [0.29, 0.717) is 11.4 Å². The zero-order valence-corrected chi connectivity index (χ0v) is 15.1. The Labute approximate surface area is 156 Å². The van der Waals surface area contributed by atoms with Gasteiger partial charge in [0.15, 0.2) is 5.78 Å². The highest BCUT2D eigenvalue weighted by atomic mass is 32.2. The van der Waals surface area contributed by atoms with Gasteiger partial charge in [-0.15, -0.1) is 0 Å². The van der Waals surface area contributed by atoms with Gasteiger partial charge in [0.05, 0.1) is 16.8 Å². The quantitative estimate of drug-likeness (QED) is 0.627. The molecule has 2 N–H and O–H groups in total. The Kier molecular flexibility index (Phi) is 5.18. The van der Waals surface area contributed by atoms with Crippen molar-refractivity contribution in [1.82, 2.24) is 4.98 Å². The van der Waals surface area contributed by atoms with Gasteiger partial charge in [-0.3, -0.25) is 9.52 Å². The Bertz CT molecular complexity index is 1050. The molecule has 0 atom stereocenters. The van der Waals surface area contributed by atoms with Gasteiger partial charge in [-0.05, 0) is 67.6 Å². The predicted molar refractivity (Wildman–Crippen MR) is 101 cm³/mol. The van der Waals surface area contributed by atoms with Gasteiger partial charge in [0.1, 0.15) is 11.6 Å². The molecule has 0 fully saturated rings. The summed E-state index contributed by atoms with van der Waals surface area (Å²) in [5.41, 5.74) is 1.63. The Morgan fingerprint density at radius 1 is 0.926 bits per heavy atom. The fraction of sp³-hybridized carbons (Fsp3) is 0.0526. The molecule has 27 heavy (non-hydrogen) atoms. The van der Waals surface area contributed by atoms with Crippen LogP contribution in [0.25, 0.3) is 0 Å². The van der Waals surface area contributed by atoms with Gasteiger partial charge in [0, 0.05) is 11.3 Å². The SMILES string of the molecule is CC(=O)c1ccc(Nc2ccc(NS(=O)(=O)c3ccc(F)cc3)cn2)cc1. The third-order valence-corrected chi connectivity index (χ3v) is 5.10. The van der Waals surface area contributed by atoms with Crippen molar-refractivity contribution < 1.29 is 17.6 Å². The topological polar surface area (TPSA) is 88.2 Å². The van der Waals surface area contributed by atoms with Crippen LogP contribution in [0.3, 0.4) is 0 Å². The van der Waals surface area contributed by atoms with E-state index < -0.39 is 15.8 Å². The van der Waals surface area contributed by atoms with Crippen LogP contribution >= 0.6 is 0 Å². The lowest BCUT2D eigenvalue weighted by Crippen LogP contribution is -2.13. The smallest absolute Gasteiger partial charge is 0.261 e. The van der Waals surface area contributed by atoms with Gasteiger partial charge in [-0.2, -0.15) is 0 Å². The number of benzene rings is 2. The number of hydrogen-bond acceptors (Lipinski definition) is 5. The number of ketones is 1. The van der Waals surface area contributed by atoms with Crippen molar-refractivity contribution in [1.29, 1.82) is 0 Å². The molecule has 0 bridgehead atoms. The highest BCUT2D eigenvalue weighted by Gasteiger charge is 2.14. The van der Waals surface area contributed by atoms with Crippen LogP contribution in [0.15, 0.2) is 71.8 Å². The number of halogens is 1. The summed E-state index contributed by atoms with van der Waals surface area (Å²) in [6.07, 6.45) is 1.37. The highest BCUT2D eigenvalue weighted by Crippen LogP contribution is 2.19. The maximum absolute atomic E-state index is 12.9. The lowest BCUT2D eigenvalue weighted by atomic mass is 10.1. The standard InChI is InChI=1S/C19H16FN3O3S/c1-13(24)14-2-6-16(7-3-14)22-19-11-8-17(12-21-19)23-27(25,26)18-9-4-15(20)5-10-18/h2-12,23H,1H3,(H,21,22). The van der Waals surface area contributed by atoms with Crippen LogP contribution in [0.4, 0.5) is 21.6 Å². The Morgan fingerprint density at radius 2 is 1.56 bits per heavy atom. The number of rotatable bonds is 6. The first kappa shape index (κ1) is 18.5. The molecule has 0 aliphatic heterocycles. The summed E-state index contributed by atoms with van der Waals surface area (Å²) in [5.74, 6) is -0.0184. The fourth-order valence-corrected chi connectivity index (χ4v) is 3.34. The van der Waals surface area contributed by atoms with Crippen LogP contribution in [0.5, 0.6) is 0 Å². The first-order valence-electron chi connectivity index (χ1n) is 7.96. The third-order valence-electron chi connectivity index (χ3n) is 3.70. The number of nitrogens with one attached hydrogen (secondary N) is 2. The molecule has 0 radical (unpaired) electrons. The molecule has 2 aromatic carbocycles. The average Bonchev–Trinajstić information content (AvgIpc) is 2.64. The minimum atomic E-state index is -3.82. The zero-order chi connectivity index (χ0) is 19.4. The van der Waals surface area contributed by atoms with Crippen molar-refractivity contribution in [3.8, 4) is 0 Å². The first-order chi connectivity index (χ1) is 12.8. The summed E-state index contributed by atoms with van der Waals surface area (Å²) < 4.78 is 39.9. The molecular weight excluding hydrogens is 369 g/mol. The summed E-state index contributed by atoms with van der Waals surface area (Å²) in [6, 6.07) is 14.6. The molecule has 6 nitrogen and oxygen atoms in total. The number of Topliss-reactive ketones (excluding diaryl/α,β-unsaturated/α-hetero) is 1. The predicted octanol–water partition coefficient (Wildman–Crippen LogP) is 3.97. The highest BCUT2D eigenvalue weighted by molar-refractivity contribution is 7.92. The molecule has 0 amide bonds. The van der Waals surface area contributed by atoms with E-state index in [9.17, 15) is 17.6 Å². The fourth-order valence-electron chi connectivity index (χ4n) is 2.29. The summed E-state index contributed by atoms with van der Waals surface area (Å²) in [7, 11) is -3.82. The molecule has 0 saturated heterocycles. The maximum atomic E-state index is 12.9. The van der Waals surface area contributed by atoms with Gasteiger partial charge < -0.3 is 5.32 Å². The van der Waals surface area contributed by atoms with Crippen LogP contribution in [0.2, 0.25) is 0 Å². The number of hydrogen-bond donors (Lipinski definition) is 2. The molecule has 138 valence electrons. The van der Waals surface area contributed by atoms with E-state index >= 15 is 0 Å². The Hall–Kier alpha value is -3.26. The van der Waals surface area contributed by atoms with E-state index in [1.54, 1.807) is 36.4 Å². The van der Waals surface area contributed by atoms with Crippen LogP contribution in [0.1, 0.15) is 17.3 Å². The molecule has 1 aromatic heterocycles. The van der Waals surface area contributed by atoms with Crippen LogP contribution in [-0.2, 0) is 10.0 Å². The Balaban J connectivity index is 1.69. The van der Waals surface area contributed by atoms with E-state index in [1.807, 2.05) is 0 Å². The Morgan fingerprint density at radius 3 is 2.11 bits per heavy atom. The summed E-state index contributed by atoms with van der Waals surface area (Å²) in [5, 5.41) is 3.06. The van der Waals surface area contributed by atoms with Gasteiger partial charge in [0.2, 0.25) is 0 Å². The van der Waals surface area contributed by atoms with Crippen molar-refractivity contribution in [2.75, 3.05) is 10.0 Å². The molecular formula is C19H16FN3O3S. The van der Waals surface area contributed by atoms with Crippen molar-refractivity contribution in [3.05, 3.63) is 78.2 Å². The van der Waals surface area contributed by atoms with Crippen LogP contribution in [-0.4, -0.2) is 19.2 Å². The lowest BCUT2D eigenvalue weighted by molar-refractivity contribution is 0.101. The van der Waals surface area contributed by atoms with Gasteiger partial charge in [-0.1, -0.05) is 0 Å². The van der Waals surface area contributed by atoms with Crippen LogP contribution < -0.4 is 10.0 Å². The monoisotopic (exact) mass is 385 g/mol. The number of aromatic nitrogens is 1. The molecule has 1 heterocycles.